The van der Waals surface area contributed by atoms with Crippen LogP contribution in [0.2, 0.25) is 0 Å². The smallest absolute Gasteiger partial charge is 0.258 e. The topological polar surface area (TPSA) is 46.4 Å². The van der Waals surface area contributed by atoms with Crippen molar-refractivity contribution in [1.29, 1.82) is 0 Å². The van der Waals surface area contributed by atoms with Crippen LogP contribution in [0.3, 0.4) is 0 Å². The Morgan fingerprint density at radius 1 is 1.47 bits per heavy atom. The minimum absolute atomic E-state index is 0.219. The van der Waals surface area contributed by atoms with E-state index in [2.05, 4.69) is 10.3 Å². The van der Waals surface area contributed by atoms with E-state index in [9.17, 15) is 9.18 Å². The predicted octanol–water partition coefficient (Wildman–Crippen LogP) is 1.38. The van der Waals surface area contributed by atoms with Crippen LogP contribution in [0.15, 0.2) is 29.2 Å². The van der Waals surface area contributed by atoms with Gasteiger partial charge in [0.25, 0.3) is 5.56 Å². The summed E-state index contributed by atoms with van der Waals surface area (Å²) >= 11 is 0. The van der Waals surface area contributed by atoms with E-state index in [0.29, 0.717) is 11.6 Å². The molecule has 0 aliphatic carbocycles. The molecule has 0 aromatic carbocycles. The van der Waals surface area contributed by atoms with E-state index < -0.39 is 5.82 Å². The van der Waals surface area contributed by atoms with Gasteiger partial charge in [-0.25, -0.2) is 9.37 Å². The molecule has 0 saturated carbocycles. The number of hydrogen-bond donors (Lipinski definition) is 1. The van der Waals surface area contributed by atoms with Crippen molar-refractivity contribution >= 4 is 5.65 Å². The SMILES string of the molecule is O=c1cc(CC2CCCNC2)nc2ccc(F)cn12. The zero-order valence-electron chi connectivity index (χ0n) is 10.6. The summed E-state index contributed by atoms with van der Waals surface area (Å²) in [4.78, 5) is 16.4. The van der Waals surface area contributed by atoms with Gasteiger partial charge >= 0.3 is 0 Å². The lowest BCUT2D eigenvalue weighted by Gasteiger charge is -2.22. The highest BCUT2D eigenvalue weighted by molar-refractivity contribution is 5.38. The molecule has 3 heterocycles. The summed E-state index contributed by atoms with van der Waals surface area (Å²) in [5.74, 6) is 0.101. The van der Waals surface area contributed by atoms with Gasteiger partial charge in [-0.1, -0.05) is 0 Å². The molecule has 1 aliphatic heterocycles. The van der Waals surface area contributed by atoms with Crippen molar-refractivity contribution in [3.05, 3.63) is 46.3 Å². The van der Waals surface area contributed by atoms with Crippen LogP contribution in [0, 0.1) is 11.7 Å². The Labute approximate surface area is 110 Å². The quantitative estimate of drug-likeness (QED) is 0.888. The molecule has 100 valence electrons. The summed E-state index contributed by atoms with van der Waals surface area (Å²) in [5, 5.41) is 3.35. The molecule has 19 heavy (non-hydrogen) atoms. The average Bonchev–Trinajstić information content (AvgIpc) is 2.41. The Morgan fingerprint density at radius 2 is 2.37 bits per heavy atom. The van der Waals surface area contributed by atoms with Crippen LogP contribution >= 0.6 is 0 Å². The zero-order chi connectivity index (χ0) is 13.2. The maximum Gasteiger partial charge on any atom is 0.258 e. The molecule has 0 amide bonds. The van der Waals surface area contributed by atoms with Gasteiger partial charge in [0.1, 0.15) is 11.5 Å². The highest BCUT2D eigenvalue weighted by Gasteiger charge is 2.15. The number of aromatic nitrogens is 2. The molecule has 1 unspecified atom stereocenters. The minimum atomic E-state index is -0.430. The molecule has 0 radical (unpaired) electrons. The van der Waals surface area contributed by atoms with E-state index in [1.807, 2.05) is 0 Å². The van der Waals surface area contributed by atoms with Crippen LogP contribution in [0.1, 0.15) is 18.5 Å². The van der Waals surface area contributed by atoms with Gasteiger partial charge in [0.2, 0.25) is 0 Å². The lowest BCUT2D eigenvalue weighted by atomic mass is 9.94. The van der Waals surface area contributed by atoms with Gasteiger partial charge in [0.05, 0.1) is 0 Å². The molecule has 0 spiro atoms. The summed E-state index contributed by atoms with van der Waals surface area (Å²) < 4.78 is 14.3. The van der Waals surface area contributed by atoms with E-state index in [1.54, 1.807) is 6.07 Å². The van der Waals surface area contributed by atoms with Crippen LogP contribution in [0.5, 0.6) is 0 Å². The lowest BCUT2D eigenvalue weighted by molar-refractivity contribution is 0.373. The fourth-order valence-corrected chi connectivity index (χ4v) is 2.62. The number of nitrogens with one attached hydrogen (secondary N) is 1. The maximum atomic E-state index is 13.1. The molecule has 1 atom stereocenters. The second-order valence-corrected chi connectivity index (χ2v) is 5.08. The van der Waals surface area contributed by atoms with Gasteiger partial charge in [0, 0.05) is 18.0 Å². The Hall–Kier alpha value is -1.75. The molecular weight excluding hydrogens is 245 g/mol. The average molecular weight is 261 g/mol. The molecule has 1 fully saturated rings. The van der Waals surface area contributed by atoms with Crippen LogP contribution in [-0.2, 0) is 6.42 Å². The van der Waals surface area contributed by atoms with Crippen LogP contribution in [0.25, 0.3) is 5.65 Å². The first kappa shape index (κ1) is 12.3. The number of hydrogen-bond acceptors (Lipinski definition) is 3. The number of piperidine rings is 1. The first-order chi connectivity index (χ1) is 9.22. The van der Waals surface area contributed by atoms with Crippen molar-refractivity contribution in [3.63, 3.8) is 0 Å². The van der Waals surface area contributed by atoms with Gasteiger partial charge in [0.15, 0.2) is 0 Å². The third-order valence-corrected chi connectivity index (χ3v) is 3.57. The van der Waals surface area contributed by atoms with E-state index in [1.165, 1.54) is 29.2 Å². The maximum absolute atomic E-state index is 13.1. The largest absolute Gasteiger partial charge is 0.316 e. The van der Waals surface area contributed by atoms with Gasteiger partial charge in [-0.2, -0.15) is 0 Å². The van der Waals surface area contributed by atoms with Crippen LogP contribution < -0.4 is 10.9 Å². The predicted molar refractivity (Wildman–Crippen MR) is 70.7 cm³/mol. The molecule has 0 bridgehead atoms. The normalized spacial score (nSPS) is 19.7. The summed E-state index contributed by atoms with van der Waals surface area (Å²) in [7, 11) is 0. The molecule has 3 rings (SSSR count). The number of rotatable bonds is 2. The highest BCUT2D eigenvalue weighted by atomic mass is 19.1. The number of halogens is 1. The van der Waals surface area contributed by atoms with Crippen molar-refractivity contribution in [2.75, 3.05) is 13.1 Å². The van der Waals surface area contributed by atoms with Gasteiger partial charge < -0.3 is 5.32 Å². The van der Waals surface area contributed by atoms with Gasteiger partial charge in [-0.05, 0) is 50.4 Å². The Balaban J connectivity index is 1.92. The van der Waals surface area contributed by atoms with Crippen molar-refractivity contribution in [2.45, 2.75) is 19.3 Å². The monoisotopic (exact) mass is 261 g/mol. The highest BCUT2D eigenvalue weighted by Crippen LogP contribution is 2.15. The molecule has 1 N–H and O–H groups in total. The van der Waals surface area contributed by atoms with Gasteiger partial charge in [-0.3, -0.25) is 9.20 Å². The zero-order valence-corrected chi connectivity index (χ0v) is 10.6. The van der Waals surface area contributed by atoms with Crippen LogP contribution in [-0.4, -0.2) is 22.5 Å². The molecule has 4 nitrogen and oxygen atoms in total. The van der Waals surface area contributed by atoms with E-state index in [4.69, 9.17) is 0 Å². The summed E-state index contributed by atoms with van der Waals surface area (Å²) in [6, 6.07) is 4.38. The molecule has 1 aliphatic rings. The first-order valence-electron chi connectivity index (χ1n) is 6.61. The molecule has 1 saturated heterocycles. The van der Waals surface area contributed by atoms with Crippen molar-refractivity contribution in [1.82, 2.24) is 14.7 Å². The number of pyridine rings is 1. The minimum Gasteiger partial charge on any atom is -0.316 e. The number of nitrogens with zero attached hydrogens (tertiary/aromatic N) is 2. The van der Waals surface area contributed by atoms with Crippen molar-refractivity contribution in [2.24, 2.45) is 5.92 Å². The second-order valence-electron chi connectivity index (χ2n) is 5.08. The Morgan fingerprint density at radius 3 is 3.16 bits per heavy atom. The third kappa shape index (κ3) is 2.66. The van der Waals surface area contributed by atoms with Gasteiger partial charge in [-0.15, -0.1) is 0 Å². The standard InChI is InChI=1S/C14H16FN3O/c15-11-3-4-13-17-12(7-14(19)18(13)9-11)6-10-2-1-5-16-8-10/h3-4,7,9-10,16H,1-2,5-6,8H2. The fourth-order valence-electron chi connectivity index (χ4n) is 2.62. The summed E-state index contributed by atoms with van der Waals surface area (Å²) in [6.07, 6.45) is 4.31. The van der Waals surface area contributed by atoms with Crippen LogP contribution in [0.4, 0.5) is 4.39 Å². The molecular formula is C14H16FN3O. The fraction of sp³-hybridized carbons (Fsp3) is 0.429. The first-order valence-corrected chi connectivity index (χ1v) is 6.61. The van der Waals surface area contributed by atoms with E-state index in [0.717, 1.165) is 31.6 Å². The number of fused-ring (bicyclic) bond motifs is 1. The molecule has 2 aromatic heterocycles. The Kier molecular flexibility index (Phi) is 3.29. The molecule has 5 heteroatoms. The van der Waals surface area contributed by atoms with E-state index in [-0.39, 0.29) is 5.56 Å². The van der Waals surface area contributed by atoms with E-state index >= 15 is 0 Å². The molecule has 2 aromatic rings. The third-order valence-electron chi connectivity index (χ3n) is 3.57. The summed E-state index contributed by atoms with van der Waals surface area (Å²) in [5.41, 5.74) is 1.08. The lowest BCUT2D eigenvalue weighted by Crippen LogP contribution is -2.31. The van der Waals surface area contributed by atoms with Crippen molar-refractivity contribution in [3.8, 4) is 0 Å². The Bertz CT molecular complexity index is 647. The van der Waals surface area contributed by atoms with Crippen molar-refractivity contribution < 1.29 is 4.39 Å². The summed E-state index contributed by atoms with van der Waals surface area (Å²) in [6.45, 7) is 2.05. The second kappa shape index (κ2) is 5.09.